The number of nitrogens with one attached hydrogen (secondary N) is 2. The van der Waals surface area contributed by atoms with Crippen LogP contribution in [0.4, 0.5) is 5.69 Å². The van der Waals surface area contributed by atoms with Gasteiger partial charge in [-0.05, 0) is 40.3 Å². The fourth-order valence-electron chi connectivity index (χ4n) is 0.692. The number of nitrogens with two attached hydrogens (primary N) is 1. The molecule has 0 aromatic heterocycles. The van der Waals surface area contributed by atoms with Gasteiger partial charge in [-0.2, -0.15) is 0 Å². The second-order valence-electron chi connectivity index (χ2n) is 2.09. The third-order valence-electron chi connectivity index (χ3n) is 1.19. The maximum atomic E-state index is 5.23. The van der Waals surface area contributed by atoms with E-state index in [2.05, 4.69) is 39.0 Å². The van der Waals surface area contributed by atoms with E-state index in [9.17, 15) is 0 Å². The lowest BCUT2D eigenvalue weighted by molar-refractivity contribution is 1.12. The fourth-order valence-corrected chi connectivity index (χ4v) is 1.13. The van der Waals surface area contributed by atoms with Crippen LogP contribution in [0.1, 0.15) is 0 Å². The SMILES string of the molecule is NC(=S)NNc1ccccc1Br. The predicted octanol–water partition coefficient (Wildman–Crippen LogP) is 1.61. The van der Waals surface area contributed by atoms with Crippen LogP contribution in [0.3, 0.4) is 0 Å². The second kappa shape index (κ2) is 4.27. The molecule has 5 heteroatoms. The molecule has 0 radical (unpaired) electrons. The van der Waals surface area contributed by atoms with E-state index < -0.39 is 0 Å². The molecule has 1 aromatic carbocycles. The maximum Gasteiger partial charge on any atom is 0.182 e. The Morgan fingerprint density at radius 3 is 2.67 bits per heavy atom. The normalized spacial score (nSPS) is 9.08. The molecule has 3 nitrogen and oxygen atoms in total. The molecular weight excluding hydrogens is 238 g/mol. The summed E-state index contributed by atoms with van der Waals surface area (Å²) in [5, 5.41) is 0.214. The lowest BCUT2D eigenvalue weighted by Gasteiger charge is -2.08. The van der Waals surface area contributed by atoms with Gasteiger partial charge in [0.2, 0.25) is 0 Å². The molecule has 0 aliphatic heterocycles. The molecule has 12 heavy (non-hydrogen) atoms. The number of hydrogen-bond acceptors (Lipinski definition) is 2. The first kappa shape index (κ1) is 9.28. The van der Waals surface area contributed by atoms with Crippen molar-refractivity contribution in [1.29, 1.82) is 0 Å². The average Bonchev–Trinajstić information content (AvgIpc) is 2.03. The van der Waals surface area contributed by atoms with Gasteiger partial charge in [-0.1, -0.05) is 12.1 Å². The number of hydrazine groups is 1. The number of para-hydroxylation sites is 1. The number of hydrogen-bond donors (Lipinski definition) is 3. The minimum atomic E-state index is 0.214. The van der Waals surface area contributed by atoms with Gasteiger partial charge in [0.05, 0.1) is 5.69 Å². The topological polar surface area (TPSA) is 50.1 Å². The molecule has 0 heterocycles. The van der Waals surface area contributed by atoms with E-state index in [1.807, 2.05) is 24.3 Å². The van der Waals surface area contributed by atoms with Gasteiger partial charge in [0.1, 0.15) is 0 Å². The van der Waals surface area contributed by atoms with Crippen LogP contribution >= 0.6 is 28.1 Å². The number of rotatable bonds is 2. The molecule has 0 bridgehead atoms. The highest BCUT2D eigenvalue weighted by Gasteiger charge is 1.95. The standard InChI is InChI=1S/C7H8BrN3S/c8-5-3-1-2-4-6(5)10-11-7(9)12/h1-4,10H,(H3,9,11,12). The summed E-state index contributed by atoms with van der Waals surface area (Å²) in [6, 6.07) is 7.66. The summed E-state index contributed by atoms with van der Waals surface area (Å²) >= 11 is 7.99. The van der Waals surface area contributed by atoms with Crippen molar-refractivity contribution < 1.29 is 0 Å². The van der Waals surface area contributed by atoms with E-state index in [0.717, 1.165) is 10.2 Å². The van der Waals surface area contributed by atoms with Crippen molar-refractivity contribution in [1.82, 2.24) is 5.43 Å². The van der Waals surface area contributed by atoms with Crippen molar-refractivity contribution in [2.75, 3.05) is 5.43 Å². The van der Waals surface area contributed by atoms with Gasteiger partial charge in [0.25, 0.3) is 0 Å². The second-order valence-corrected chi connectivity index (χ2v) is 3.39. The number of benzene rings is 1. The van der Waals surface area contributed by atoms with Crippen molar-refractivity contribution in [3.05, 3.63) is 28.7 Å². The summed E-state index contributed by atoms with van der Waals surface area (Å²) in [7, 11) is 0. The summed E-state index contributed by atoms with van der Waals surface area (Å²) in [5.74, 6) is 0. The Kier molecular flexibility index (Phi) is 3.31. The molecule has 1 aromatic rings. The predicted molar refractivity (Wildman–Crippen MR) is 57.7 cm³/mol. The third kappa shape index (κ3) is 2.67. The van der Waals surface area contributed by atoms with Crippen LogP contribution in [0.2, 0.25) is 0 Å². The first-order chi connectivity index (χ1) is 5.70. The van der Waals surface area contributed by atoms with Crippen molar-refractivity contribution in [3.63, 3.8) is 0 Å². The first-order valence-electron chi connectivity index (χ1n) is 3.26. The van der Waals surface area contributed by atoms with Crippen LogP contribution < -0.4 is 16.6 Å². The minimum Gasteiger partial charge on any atom is -0.375 e. The zero-order valence-corrected chi connectivity index (χ0v) is 8.58. The lowest BCUT2D eigenvalue weighted by Crippen LogP contribution is -2.33. The summed E-state index contributed by atoms with van der Waals surface area (Å²) < 4.78 is 0.953. The van der Waals surface area contributed by atoms with Crippen molar-refractivity contribution >= 4 is 38.9 Å². The van der Waals surface area contributed by atoms with Gasteiger partial charge in [0, 0.05) is 4.47 Å². The van der Waals surface area contributed by atoms with Gasteiger partial charge in [-0.15, -0.1) is 0 Å². The molecule has 0 spiro atoms. The smallest absolute Gasteiger partial charge is 0.182 e. The van der Waals surface area contributed by atoms with Crippen LogP contribution in [0, 0.1) is 0 Å². The zero-order chi connectivity index (χ0) is 8.97. The van der Waals surface area contributed by atoms with Crippen LogP contribution in [0.25, 0.3) is 0 Å². The van der Waals surface area contributed by atoms with Crippen molar-refractivity contribution in [2.45, 2.75) is 0 Å². The Bertz CT molecular complexity index is 290. The Labute approximate surface area is 84.4 Å². The van der Waals surface area contributed by atoms with Crippen molar-refractivity contribution in [2.24, 2.45) is 5.73 Å². The quantitative estimate of drug-likeness (QED) is 0.548. The molecule has 0 fully saturated rings. The highest BCUT2D eigenvalue weighted by molar-refractivity contribution is 9.10. The molecule has 0 atom stereocenters. The summed E-state index contributed by atoms with van der Waals surface area (Å²) in [6.45, 7) is 0. The monoisotopic (exact) mass is 245 g/mol. The molecule has 64 valence electrons. The first-order valence-corrected chi connectivity index (χ1v) is 4.46. The third-order valence-corrected chi connectivity index (χ3v) is 1.99. The molecule has 0 aliphatic carbocycles. The lowest BCUT2D eigenvalue weighted by atomic mass is 10.3. The molecular formula is C7H8BrN3S. The van der Waals surface area contributed by atoms with Crippen LogP contribution in [0.5, 0.6) is 0 Å². The minimum absolute atomic E-state index is 0.214. The average molecular weight is 246 g/mol. The van der Waals surface area contributed by atoms with E-state index in [4.69, 9.17) is 5.73 Å². The van der Waals surface area contributed by atoms with Gasteiger partial charge in [0.15, 0.2) is 5.11 Å². The van der Waals surface area contributed by atoms with E-state index in [1.54, 1.807) is 0 Å². The number of halogens is 1. The molecule has 0 aliphatic rings. The summed E-state index contributed by atoms with van der Waals surface area (Å²) in [6.07, 6.45) is 0. The van der Waals surface area contributed by atoms with E-state index in [0.29, 0.717) is 0 Å². The number of anilines is 1. The van der Waals surface area contributed by atoms with E-state index in [1.165, 1.54) is 0 Å². The highest BCUT2D eigenvalue weighted by atomic mass is 79.9. The molecule has 0 saturated heterocycles. The highest BCUT2D eigenvalue weighted by Crippen LogP contribution is 2.19. The van der Waals surface area contributed by atoms with Crippen LogP contribution in [-0.2, 0) is 0 Å². The summed E-state index contributed by atoms with van der Waals surface area (Å²) in [5.41, 5.74) is 11.6. The molecule has 4 N–H and O–H groups in total. The largest absolute Gasteiger partial charge is 0.375 e. The van der Waals surface area contributed by atoms with Crippen LogP contribution in [0.15, 0.2) is 28.7 Å². The summed E-state index contributed by atoms with van der Waals surface area (Å²) in [4.78, 5) is 0. The van der Waals surface area contributed by atoms with E-state index >= 15 is 0 Å². The Hall–Kier alpha value is -0.810. The van der Waals surface area contributed by atoms with E-state index in [-0.39, 0.29) is 5.11 Å². The Balaban J connectivity index is 2.63. The Morgan fingerprint density at radius 1 is 1.42 bits per heavy atom. The van der Waals surface area contributed by atoms with Crippen molar-refractivity contribution in [3.8, 4) is 0 Å². The molecule has 0 unspecified atom stereocenters. The molecule has 1 rings (SSSR count). The van der Waals surface area contributed by atoms with Gasteiger partial charge >= 0.3 is 0 Å². The molecule has 0 amide bonds. The maximum absolute atomic E-state index is 5.23. The molecule has 0 saturated carbocycles. The number of thiocarbonyl (C=S) groups is 1. The van der Waals surface area contributed by atoms with Gasteiger partial charge < -0.3 is 5.73 Å². The van der Waals surface area contributed by atoms with Crippen LogP contribution in [-0.4, -0.2) is 5.11 Å². The van der Waals surface area contributed by atoms with Gasteiger partial charge in [-0.3, -0.25) is 10.9 Å². The Morgan fingerprint density at radius 2 is 2.08 bits per heavy atom. The van der Waals surface area contributed by atoms with Gasteiger partial charge in [-0.25, -0.2) is 0 Å². The zero-order valence-electron chi connectivity index (χ0n) is 6.17. The fraction of sp³-hybridized carbons (Fsp3) is 0.